The lowest BCUT2D eigenvalue weighted by Gasteiger charge is -2.45. The first-order valence-electron chi connectivity index (χ1n) is 31.3. The van der Waals surface area contributed by atoms with Crippen molar-refractivity contribution in [3.63, 3.8) is 0 Å². The Hall–Kier alpha value is -6.96. The van der Waals surface area contributed by atoms with Crippen molar-refractivity contribution < 1.29 is 133 Å². The molecular weight excluding hydrogens is 1280 g/mol. The summed E-state index contributed by atoms with van der Waals surface area (Å²) in [6.07, 6.45) is -23.5. The molecule has 39 nitrogen and oxygen atoms in total. The first kappa shape index (κ1) is 81.5. The number of amides is 11. The summed E-state index contributed by atoms with van der Waals surface area (Å²) in [4.78, 5) is 163. The number of nitrogens with two attached hydrogens (primary N) is 1. The van der Waals surface area contributed by atoms with Crippen LogP contribution in [0.1, 0.15) is 94.9 Å². The lowest BCUT2D eigenvalue weighted by Crippen LogP contribution is -2.67. The third kappa shape index (κ3) is 21.5. The van der Waals surface area contributed by atoms with E-state index in [9.17, 15) is 109 Å². The van der Waals surface area contributed by atoms with Gasteiger partial charge in [-0.3, -0.25) is 57.5 Å². The van der Waals surface area contributed by atoms with Gasteiger partial charge in [0.15, 0.2) is 12.6 Å². The van der Waals surface area contributed by atoms with Crippen molar-refractivity contribution in [2.24, 2.45) is 11.7 Å². The number of aliphatic carboxylic acids is 1. The first-order chi connectivity index (χ1) is 44.7. The quantitative estimate of drug-likeness (QED) is 0.0297. The summed E-state index contributed by atoms with van der Waals surface area (Å²) >= 11 is 0. The molecule has 4 rings (SSSR count). The highest BCUT2D eigenvalue weighted by molar-refractivity contribution is 5.99. The van der Waals surface area contributed by atoms with Gasteiger partial charge in [0.2, 0.25) is 65.0 Å². The second-order valence-electron chi connectivity index (χ2n) is 24.7. The van der Waals surface area contributed by atoms with Gasteiger partial charge in [-0.2, -0.15) is 0 Å². The molecule has 11 amide bonds. The van der Waals surface area contributed by atoms with Crippen LogP contribution < -0.4 is 53.6 Å². The van der Waals surface area contributed by atoms with Crippen molar-refractivity contribution in [2.45, 2.75) is 247 Å². The van der Waals surface area contributed by atoms with E-state index in [-0.39, 0.29) is 38.8 Å². The van der Waals surface area contributed by atoms with Gasteiger partial charge in [0.25, 0.3) is 0 Å². The number of carboxylic acid groups (broad SMARTS) is 1. The van der Waals surface area contributed by atoms with Crippen LogP contribution in [0, 0.1) is 5.92 Å². The van der Waals surface area contributed by atoms with Crippen molar-refractivity contribution in [1.29, 1.82) is 0 Å². The average Bonchev–Trinajstić information content (AvgIpc) is 0.922. The molecule has 0 aliphatic carbocycles. The summed E-state index contributed by atoms with van der Waals surface area (Å²) < 4.78 is 23.4. The van der Waals surface area contributed by atoms with E-state index in [2.05, 4.69) is 47.9 Å². The van der Waals surface area contributed by atoms with E-state index >= 15 is 0 Å². The second kappa shape index (κ2) is 36.6. The molecule has 0 radical (unpaired) electrons. The fraction of sp³-hybridized carbons (Fsp3) is 0.789. The molecule has 0 aromatic rings. The van der Waals surface area contributed by atoms with Crippen LogP contribution in [0.2, 0.25) is 0 Å². The molecule has 25 atom stereocenters. The number of ether oxygens (including phenoxy) is 4. The van der Waals surface area contributed by atoms with Gasteiger partial charge in [0.1, 0.15) is 110 Å². The number of nitrogens with zero attached hydrogens (tertiary/aromatic N) is 2. The van der Waals surface area contributed by atoms with Gasteiger partial charge in [-0.05, 0) is 73.1 Å². The van der Waals surface area contributed by atoms with Crippen LogP contribution in [0.3, 0.4) is 0 Å². The molecule has 4 saturated heterocycles. The van der Waals surface area contributed by atoms with Gasteiger partial charge in [0.05, 0.1) is 49.8 Å². The molecule has 0 bridgehead atoms. The maximum atomic E-state index is 14.5. The van der Waals surface area contributed by atoms with Gasteiger partial charge in [0, 0.05) is 26.9 Å². The third-order valence-corrected chi connectivity index (χ3v) is 16.5. The van der Waals surface area contributed by atoms with Crippen LogP contribution >= 0.6 is 0 Å². The number of rotatable bonds is 32. The summed E-state index contributed by atoms with van der Waals surface area (Å²) in [5, 5.41) is 137. The Kier molecular flexibility index (Phi) is 31.0. The maximum Gasteiger partial charge on any atom is 0.322 e. The van der Waals surface area contributed by atoms with Crippen molar-refractivity contribution >= 4 is 70.9 Å². The Morgan fingerprint density at radius 2 is 0.906 bits per heavy atom. The largest absolute Gasteiger partial charge is 0.480 e. The predicted molar refractivity (Wildman–Crippen MR) is 323 cm³/mol. The standard InChI is InChI=1S/C57H96N12O27/c1-20(2)35(51(88)66-39(25(7)75)55(92)69-16-12-14-30(69)48(85)65-38(24(6)74)54(91)68-15-11-13-29(68)47(84)63-36(22(4)72)50(87)59-17-33(78)79)62-52(89)37(23(5)73)64-53(90)40(67-49(86)34(58)21(3)71)26(8)94-57-42(61-28(10)77)46(83)44(81)32(96-57)19-93-56-41(60-27(9)76)45(82)43(80)31(18-70)95-56/h20-26,29-32,34-46,56-57,70-75,80-83H,11-19,58H2,1-10H3,(H,59,87)(H,60,76)(H,61,77)(H,62,89)(H,63,84)(H,64,90)(H,65,85)(H,66,88)(H,67,86)(H,78,79)/t21-,22-,23-,24-,25-,26-,29+,30+,31-,32-,34+,35+,36+,37+,38+,39+,40+,41-,42-,43-,44+,45-,46-,56-,57+/m1/s1. The van der Waals surface area contributed by atoms with E-state index in [4.69, 9.17) is 29.8 Å². The second-order valence-corrected chi connectivity index (χ2v) is 24.7. The molecule has 4 fully saturated rings. The number of carbonyl (C=O) groups excluding carboxylic acids is 11. The lowest BCUT2D eigenvalue weighted by molar-refractivity contribution is -0.308. The van der Waals surface area contributed by atoms with Crippen molar-refractivity contribution in [3.8, 4) is 0 Å². The molecule has 22 N–H and O–H groups in total. The van der Waals surface area contributed by atoms with E-state index < -0.39 is 249 Å². The van der Waals surface area contributed by atoms with Crippen LogP contribution in [0.4, 0.5) is 0 Å². The molecule has 0 spiro atoms. The lowest BCUT2D eigenvalue weighted by atomic mass is 9.96. The number of aliphatic hydroxyl groups is 10. The van der Waals surface area contributed by atoms with E-state index in [1.165, 1.54) is 20.8 Å². The van der Waals surface area contributed by atoms with E-state index in [1.54, 1.807) is 0 Å². The zero-order valence-electron chi connectivity index (χ0n) is 54.8. The third-order valence-electron chi connectivity index (χ3n) is 16.5. The molecule has 0 saturated carbocycles. The molecule has 96 heavy (non-hydrogen) atoms. The van der Waals surface area contributed by atoms with Crippen LogP contribution in [0.25, 0.3) is 0 Å². The van der Waals surface area contributed by atoms with Gasteiger partial charge in [-0.1, -0.05) is 13.8 Å². The Labute approximate surface area is 551 Å². The number of nitrogens with one attached hydrogen (secondary N) is 9. The van der Waals surface area contributed by atoms with E-state index in [0.717, 1.165) is 58.3 Å². The number of carboxylic acids is 1. The Bertz CT molecular complexity index is 2730. The predicted octanol–water partition coefficient (Wildman–Crippen LogP) is -11.7. The van der Waals surface area contributed by atoms with Crippen molar-refractivity contribution in [3.05, 3.63) is 0 Å². The fourth-order valence-corrected chi connectivity index (χ4v) is 11.1. The van der Waals surface area contributed by atoms with Crippen LogP contribution in [-0.4, -0.2) is 322 Å². The molecule has 39 heteroatoms. The Balaban J connectivity index is 1.54. The molecule has 4 heterocycles. The monoisotopic (exact) mass is 1380 g/mol. The number of carbonyl (C=O) groups is 12. The van der Waals surface area contributed by atoms with Crippen molar-refractivity contribution in [2.75, 3.05) is 32.8 Å². The van der Waals surface area contributed by atoms with Crippen LogP contribution in [0.15, 0.2) is 0 Å². The summed E-state index contributed by atoms with van der Waals surface area (Å²) in [7, 11) is 0. The molecular formula is C57H96N12O27. The summed E-state index contributed by atoms with van der Waals surface area (Å²) in [5.74, 6) is -13.6. The first-order valence-corrected chi connectivity index (χ1v) is 31.3. The summed E-state index contributed by atoms with van der Waals surface area (Å²) in [6.45, 7) is 9.20. The van der Waals surface area contributed by atoms with Gasteiger partial charge >= 0.3 is 5.97 Å². The zero-order valence-corrected chi connectivity index (χ0v) is 54.8. The Morgan fingerprint density at radius 1 is 0.510 bits per heavy atom. The molecule has 4 aliphatic rings. The summed E-state index contributed by atoms with van der Waals surface area (Å²) in [5.41, 5.74) is 5.91. The zero-order chi connectivity index (χ0) is 72.7. The minimum absolute atomic E-state index is 0.0265. The summed E-state index contributed by atoms with van der Waals surface area (Å²) in [6, 6.07) is -18.4. The molecule has 0 unspecified atom stereocenters. The van der Waals surface area contributed by atoms with Crippen molar-refractivity contribution in [1.82, 2.24) is 57.7 Å². The SMILES string of the molecule is CC(=O)N[C@H]1[C@@H](O[C@H](C)[C@H](NC(=O)[C@@H](N)[C@@H](C)O)C(=O)N[C@H](C(=O)N[C@H](C(=O)N[C@H](C(=O)N2CCC[C@H]2C(=O)N[C@H](C(=O)N2CCC[C@H]2C(=O)N[C@H](C(=O)NCC(=O)O)[C@@H](C)O)[C@@H](C)O)[C@@H](C)O)C(C)C)[C@@H](C)O)O[C@H](CO[C@@H]2O[C@H](CO)[C@@H](O)[C@H](O)[C@H]2NC(C)=O)[C@H](O)[C@@H]1O. The number of aliphatic hydroxyl groups excluding tert-OH is 10. The highest BCUT2D eigenvalue weighted by Crippen LogP contribution is 2.29. The normalized spacial score (nSPS) is 28.4. The molecule has 4 aliphatic heterocycles. The molecule has 0 aromatic heterocycles. The minimum atomic E-state index is -2.02. The van der Waals surface area contributed by atoms with Gasteiger partial charge < -0.3 is 139 Å². The van der Waals surface area contributed by atoms with E-state index in [0.29, 0.717) is 0 Å². The molecule has 0 aromatic carbocycles. The van der Waals surface area contributed by atoms with E-state index in [1.807, 2.05) is 0 Å². The van der Waals surface area contributed by atoms with Gasteiger partial charge in [-0.15, -0.1) is 0 Å². The maximum absolute atomic E-state index is 14.5. The van der Waals surface area contributed by atoms with Crippen LogP contribution in [-0.2, 0) is 76.5 Å². The van der Waals surface area contributed by atoms with Gasteiger partial charge in [-0.25, -0.2) is 0 Å². The number of hydrogen-bond donors (Lipinski definition) is 21. The number of hydrogen-bond acceptors (Lipinski definition) is 27. The molecule has 546 valence electrons. The van der Waals surface area contributed by atoms with Crippen LogP contribution in [0.5, 0.6) is 0 Å². The Morgan fingerprint density at radius 3 is 1.35 bits per heavy atom. The average molecular weight is 1380 g/mol. The topological polar surface area (TPSA) is 605 Å². The smallest absolute Gasteiger partial charge is 0.322 e. The number of likely N-dealkylation sites (tertiary alicyclic amines) is 2. The minimum Gasteiger partial charge on any atom is -0.480 e. The highest BCUT2D eigenvalue weighted by Gasteiger charge is 2.51. The highest BCUT2D eigenvalue weighted by atomic mass is 16.7. The fourth-order valence-electron chi connectivity index (χ4n) is 11.1.